The number of hydrogen-bond acceptors (Lipinski definition) is 3. The highest BCUT2D eigenvalue weighted by atomic mass is 32.2. The Hall–Kier alpha value is -2.14. The van der Waals surface area contributed by atoms with Gasteiger partial charge in [-0.05, 0) is 69.0 Å². The zero-order chi connectivity index (χ0) is 16.9. The van der Waals surface area contributed by atoms with E-state index in [1.54, 1.807) is 13.0 Å². The average molecular weight is 328 g/mol. The van der Waals surface area contributed by atoms with Crippen molar-refractivity contribution in [2.45, 2.75) is 39.5 Å². The zero-order valence-corrected chi connectivity index (χ0v) is 14.8. The van der Waals surface area contributed by atoms with Crippen LogP contribution >= 0.6 is 0 Å². The molecule has 0 amide bonds. The van der Waals surface area contributed by atoms with Crippen LogP contribution in [0, 0.1) is 34.6 Å². The molecule has 3 aromatic rings. The number of para-hydroxylation sites is 2. The largest absolute Gasteiger partial charge is 0.270 e. The van der Waals surface area contributed by atoms with Crippen LogP contribution in [0.1, 0.15) is 28.1 Å². The first-order valence-corrected chi connectivity index (χ1v) is 8.96. The van der Waals surface area contributed by atoms with E-state index in [0.29, 0.717) is 21.8 Å². The summed E-state index contributed by atoms with van der Waals surface area (Å²) in [4.78, 5) is 4.78. The van der Waals surface area contributed by atoms with Crippen LogP contribution in [0.15, 0.2) is 35.2 Å². The molecular weight excluding hydrogens is 308 g/mol. The lowest BCUT2D eigenvalue weighted by atomic mass is 10.0. The molecular formula is C18H20N2O2S. The zero-order valence-electron chi connectivity index (χ0n) is 14.0. The number of hydrogen-bond donors (Lipinski definition) is 0. The number of fused-ring (bicyclic) bond motifs is 1. The number of nitrogens with zero attached hydrogens (tertiary/aromatic N) is 2. The highest BCUT2D eigenvalue weighted by Gasteiger charge is 2.27. The molecule has 0 saturated carbocycles. The molecule has 1 heterocycles. The summed E-state index contributed by atoms with van der Waals surface area (Å²) in [5.41, 5.74) is 4.86. The molecule has 1 aromatic heterocycles. The van der Waals surface area contributed by atoms with E-state index in [9.17, 15) is 8.42 Å². The van der Waals surface area contributed by atoms with Gasteiger partial charge in [-0.25, -0.2) is 17.4 Å². The number of rotatable bonds is 2. The van der Waals surface area contributed by atoms with Crippen LogP contribution in [0.25, 0.3) is 11.0 Å². The van der Waals surface area contributed by atoms with Crippen molar-refractivity contribution in [3.05, 3.63) is 58.4 Å². The minimum Gasteiger partial charge on any atom is -0.232 e. The topological polar surface area (TPSA) is 52.0 Å². The second kappa shape index (κ2) is 5.20. The lowest BCUT2D eigenvalue weighted by Gasteiger charge is -2.17. The van der Waals surface area contributed by atoms with Gasteiger partial charge in [-0.1, -0.05) is 18.2 Å². The number of benzene rings is 2. The molecule has 0 bridgehead atoms. The van der Waals surface area contributed by atoms with Crippen molar-refractivity contribution in [2.24, 2.45) is 0 Å². The fourth-order valence-electron chi connectivity index (χ4n) is 3.09. The molecule has 0 aliphatic heterocycles. The van der Waals surface area contributed by atoms with E-state index in [1.807, 2.05) is 52.0 Å². The molecule has 0 unspecified atom stereocenters. The monoisotopic (exact) mass is 328 g/mol. The molecule has 120 valence electrons. The third kappa shape index (κ3) is 2.27. The second-order valence-electron chi connectivity index (χ2n) is 6.01. The van der Waals surface area contributed by atoms with Gasteiger partial charge in [-0.2, -0.15) is 0 Å². The standard InChI is InChI=1S/C18H20N2O2S/c1-11-10-12(2)14(4)18(13(11)3)23(21,22)20-15(5)19-16-8-6-7-9-17(16)20/h6-10H,1-5H3. The summed E-state index contributed by atoms with van der Waals surface area (Å²) >= 11 is 0. The lowest BCUT2D eigenvalue weighted by Crippen LogP contribution is -2.18. The van der Waals surface area contributed by atoms with E-state index in [2.05, 4.69) is 4.98 Å². The third-order valence-corrected chi connectivity index (χ3v) is 6.54. The van der Waals surface area contributed by atoms with Crippen LogP contribution in [0.3, 0.4) is 0 Å². The summed E-state index contributed by atoms with van der Waals surface area (Å²) in [6, 6.07) is 9.34. The molecule has 0 aliphatic rings. The molecule has 0 atom stereocenters. The minimum absolute atomic E-state index is 0.390. The summed E-state index contributed by atoms with van der Waals surface area (Å²) in [5.74, 6) is 0.476. The van der Waals surface area contributed by atoms with E-state index in [4.69, 9.17) is 0 Å². The Balaban J connectivity index is 2.42. The quantitative estimate of drug-likeness (QED) is 0.718. The molecule has 23 heavy (non-hydrogen) atoms. The van der Waals surface area contributed by atoms with Crippen LogP contribution in [0.2, 0.25) is 0 Å². The maximum absolute atomic E-state index is 13.4. The Morgan fingerprint density at radius 2 is 1.48 bits per heavy atom. The third-order valence-electron chi connectivity index (χ3n) is 4.47. The molecule has 0 fully saturated rings. The highest BCUT2D eigenvalue weighted by molar-refractivity contribution is 7.90. The first-order chi connectivity index (χ1) is 10.7. The van der Waals surface area contributed by atoms with Gasteiger partial charge in [0, 0.05) is 0 Å². The lowest BCUT2D eigenvalue weighted by molar-refractivity contribution is 0.586. The number of aryl methyl sites for hydroxylation is 3. The second-order valence-corrected chi connectivity index (χ2v) is 7.73. The van der Waals surface area contributed by atoms with Gasteiger partial charge in [-0.3, -0.25) is 0 Å². The van der Waals surface area contributed by atoms with Crippen LogP contribution in [0.5, 0.6) is 0 Å². The number of aromatic nitrogens is 2. The molecule has 2 aromatic carbocycles. The molecule has 0 radical (unpaired) electrons. The molecule has 3 rings (SSSR count). The first kappa shape index (κ1) is 15.7. The van der Waals surface area contributed by atoms with Crippen molar-refractivity contribution >= 4 is 21.1 Å². The van der Waals surface area contributed by atoms with Crippen LogP contribution in [-0.2, 0) is 10.0 Å². The molecule has 0 N–H and O–H groups in total. The predicted octanol–water partition coefficient (Wildman–Crippen LogP) is 3.82. The van der Waals surface area contributed by atoms with Gasteiger partial charge < -0.3 is 0 Å². The maximum Gasteiger partial charge on any atom is 0.270 e. The van der Waals surface area contributed by atoms with Crippen molar-refractivity contribution in [2.75, 3.05) is 0 Å². The SMILES string of the molecule is Cc1cc(C)c(C)c(S(=O)(=O)n2c(C)nc3ccccc32)c1C. The minimum atomic E-state index is -3.71. The van der Waals surface area contributed by atoms with Gasteiger partial charge >= 0.3 is 0 Å². The average Bonchev–Trinajstić information content (AvgIpc) is 2.81. The van der Waals surface area contributed by atoms with E-state index < -0.39 is 10.0 Å². The summed E-state index contributed by atoms with van der Waals surface area (Å²) in [7, 11) is -3.71. The molecule has 5 heteroatoms. The van der Waals surface area contributed by atoms with Crippen LogP contribution < -0.4 is 0 Å². The van der Waals surface area contributed by atoms with Crippen molar-refractivity contribution < 1.29 is 8.42 Å². The Morgan fingerprint density at radius 1 is 0.913 bits per heavy atom. The van der Waals surface area contributed by atoms with Crippen molar-refractivity contribution in [1.29, 1.82) is 0 Å². The Labute approximate surface area is 136 Å². The Morgan fingerprint density at radius 3 is 2.09 bits per heavy atom. The Bertz CT molecular complexity index is 1000. The van der Waals surface area contributed by atoms with Gasteiger partial charge in [0.25, 0.3) is 10.0 Å². The van der Waals surface area contributed by atoms with Crippen LogP contribution in [0.4, 0.5) is 0 Å². The summed E-state index contributed by atoms with van der Waals surface area (Å²) < 4.78 is 28.2. The Kier molecular flexibility index (Phi) is 3.56. The summed E-state index contributed by atoms with van der Waals surface area (Å²) in [6.07, 6.45) is 0. The van der Waals surface area contributed by atoms with Gasteiger partial charge in [0.2, 0.25) is 0 Å². The van der Waals surface area contributed by atoms with Gasteiger partial charge in [-0.15, -0.1) is 0 Å². The van der Waals surface area contributed by atoms with Gasteiger partial charge in [0.1, 0.15) is 5.82 Å². The van der Waals surface area contributed by atoms with E-state index in [0.717, 1.165) is 22.3 Å². The summed E-state index contributed by atoms with van der Waals surface area (Å²) in [5, 5.41) is 0. The molecule has 4 nitrogen and oxygen atoms in total. The molecule has 0 saturated heterocycles. The fraction of sp³-hybridized carbons (Fsp3) is 0.278. The smallest absolute Gasteiger partial charge is 0.232 e. The number of imidazole rings is 1. The first-order valence-electron chi connectivity index (χ1n) is 7.52. The van der Waals surface area contributed by atoms with Crippen molar-refractivity contribution in [3.8, 4) is 0 Å². The van der Waals surface area contributed by atoms with Crippen molar-refractivity contribution in [1.82, 2.24) is 8.96 Å². The molecule has 0 spiro atoms. The van der Waals surface area contributed by atoms with E-state index in [1.165, 1.54) is 3.97 Å². The predicted molar refractivity (Wildman–Crippen MR) is 92.4 cm³/mol. The van der Waals surface area contributed by atoms with E-state index >= 15 is 0 Å². The molecule has 0 aliphatic carbocycles. The van der Waals surface area contributed by atoms with Gasteiger partial charge in [0.15, 0.2) is 0 Å². The maximum atomic E-state index is 13.4. The van der Waals surface area contributed by atoms with Crippen molar-refractivity contribution in [3.63, 3.8) is 0 Å². The summed E-state index contributed by atoms with van der Waals surface area (Å²) in [6.45, 7) is 9.34. The normalized spacial score (nSPS) is 12.0. The highest BCUT2D eigenvalue weighted by Crippen LogP contribution is 2.30. The van der Waals surface area contributed by atoms with Gasteiger partial charge in [0.05, 0.1) is 15.9 Å². The van der Waals surface area contributed by atoms with Crippen LogP contribution in [-0.4, -0.2) is 17.4 Å². The van der Waals surface area contributed by atoms with E-state index in [-0.39, 0.29) is 0 Å². The fourth-order valence-corrected chi connectivity index (χ4v) is 5.17.